The Balaban J connectivity index is 1.55. The lowest BCUT2D eigenvalue weighted by molar-refractivity contribution is 0.203. The minimum absolute atomic E-state index is 0.910. The van der Waals surface area contributed by atoms with Crippen molar-refractivity contribution in [1.29, 1.82) is 0 Å². The molecule has 0 fully saturated rings. The number of hydrogen-bond acceptors (Lipinski definition) is 5. The van der Waals surface area contributed by atoms with Gasteiger partial charge in [0, 0.05) is 31.2 Å². The van der Waals surface area contributed by atoms with E-state index in [-0.39, 0.29) is 0 Å². The zero-order valence-corrected chi connectivity index (χ0v) is 14.2. The van der Waals surface area contributed by atoms with Crippen LogP contribution in [-0.2, 0) is 19.6 Å². The number of nitrogens with zero attached hydrogens (tertiary/aromatic N) is 5. The van der Waals surface area contributed by atoms with Crippen LogP contribution in [0.1, 0.15) is 22.0 Å². The van der Waals surface area contributed by atoms with Gasteiger partial charge in [-0.1, -0.05) is 6.07 Å². The molecule has 23 heavy (non-hydrogen) atoms. The first kappa shape index (κ1) is 14.5. The van der Waals surface area contributed by atoms with E-state index in [1.54, 1.807) is 11.3 Å². The highest BCUT2D eigenvalue weighted by Crippen LogP contribution is 2.23. The summed E-state index contributed by atoms with van der Waals surface area (Å²) in [6, 6.07) is 6.22. The first-order chi connectivity index (χ1) is 11.2. The Morgan fingerprint density at radius 2 is 2.17 bits per heavy atom. The van der Waals surface area contributed by atoms with Gasteiger partial charge in [0.25, 0.3) is 0 Å². The molecule has 0 saturated heterocycles. The molecule has 4 rings (SSSR count). The van der Waals surface area contributed by atoms with Gasteiger partial charge in [-0.2, -0.15) is 5.10 Å². The smallest absolute Gasteiger partial charge is 0.111 e. The van der Waals surface area contributed by atoms with E-state index in [0.717, 1.165) is 48.1 Å². The Kier molecular flexibility index (Phi) is 3.71. The molecule has 0 unspecified atom stereocenters. The average Bonchev–Trinajstić information content (AvgIpc) is 3.13. The summed E-state index contributed by atoms with van der Waals surface area (Å²) in [6.07, 6.45) is 1.83. The van der Waals surface area contributed by atoms with Crippen molar-refractivity contribution < 1.29 is 0 Å². The number of thiazole rings is 1. The van der Waals surface area contributed by atoms with Gasteiger partial charge in [-0.25, -0.2) is 4.98 Å². The van der Waals surface area contributed by atoms with Crippen LogP contribution in [0.25, 0.3) is 11.4 Å². The Morgan fingerprint density at radius 3 is 2.96 bits per heavy atom. The molecular formula is C17H19N5S. The van der Waals surface area contributed by atoms with Gasteiger partial charge in [-0.15, -0.1) is 11.3 Å². The van der Waals surface area contributed by atoms with Gasteiger partial charge >= 0.3 is 0 Å². The molecule has 0 aliphatic carbocycles. The van der Waals surface area contributed by atoms with Crippen LogP contribution in [-0.4, -0.2) is 31.2 Å². The first-order valence-electron chi connectivity index (χ1n) is 7.81. The third-order valence-electron chi connectivity index (χ3n) is 4.18. The number of hydrogen-bond donors (Lipinski definition) is 0. The number of pyridine rings is 1. The van der Waals surface area contributed by atoms with Crippen LogP contribution in [0.15, 0.2) is 29.8 Å². The molecule has 6 heteroatoms. The Labute approximate surface area is 139 Å². The van der Waals surface area contributed by atoms with Gasteiger partial charge in [0.2, 0.25) is 0 Å². The van der Waals surface area contributed by atoms with Gasteiger partial charge in [0.05, 0.1) is 28.6 Å². The van der Waals surface area contributed by atoms with E-state index in [0.29, 0.717) is 0 Å². The third-order valence-corrected chi connectivity index (χ3v) is 5.00. The lowest BCUT2D eigenvalue weighted by Gasteiger charge is -2.26. The quantitative estimate of drug-likeness (QED) is 0.742. The molecule has 0 bridgehead atoms. The summed E-state index contributed by atoms with van der Waals surface area (Å²) in [7, 11) is 0. The molecule has 118 valence electrons. The fourth-order valence-electron chi connectivity index (χ4n) is 3.04. The molecule has 1 aliphatic heterocycles. The molecule has 3 aromatic rings. The second-order valence-electron chi connectivity index (χ2n) is 5.98. The predicted molar refractivity (Wildman–Crippen MR) is 91.2 cm³/mol. The van der Waals surface area contributed by atoms with E-state index in [2.05, 4.69) is 50.9 Å². The summed E-state index contributed by atoms with van der Waals surface area (Å²) in [5, 5.41) is 8.03. The maximum Gasteiger partial charge on any atom is 0.111 e. The normalized spacial score (nSPS) is 14.9. The van der Waals surface area contributed by atoms with Crippen molar-refractivity contribution in [3.05, 3.63) is 51.7 Å². The predicted octanol–water partition coefficient (Wildman–Crippen LogP) is 3.03. The van der Waals surface area contributed by atoms with E-state index in [9.17, 15) is 0 Å². The van der Waals surface area contributed by atoms with Gasteiger partial charge in [-0.3, -0.25) is 14.6 Å². The SMILES string of the molecule is Cc1nc(CN2CCn3nc(-c4ncccc4C)cc3C2)cs1. The molecule has 0 aromatic carbocycles. The zero-order chi connectivity index (χ0) is 15.8. The minimum Gasteiger partial charge on any atom is -0.290 e. The molecule has 0 saturated carbocycles. The summed E-state index contributed by atoms with van der Waals surface area (Å²) >= 11 is 1.72. The molecule has 0 amide bonds. The fourth-order valence-corrected chi connectivity index (χ4v) is 3.64. The van der Waals surface area contributed by atoms with E-state index in [1.807, 2.05) is 12.3 Å². The van der Waals surface area contributed by atoms with Crippen LogP contribution in [0.3, 0.4) is 0 Å². The number of rotatable bonds is 3. The largest absolute Gasteiger partial charge is 0.290 e. The maximum atomic E-state index is 4.74. The lowest BCUT2D eigenvalue weighted by atomic mass is 10.1. The monoisotopic (exact) mass is 325 g/mol. The molecule has 0 N–H and O–H groups in total. The van der Waals surface area contributed by atoms with Crippen molar-refractivity contribution in [1.82, 2.24) is 24.6 Å². The molecule has 3 aromatic heterocycles. The molecule has 0 radical (unpaired) electrons. The van der Waals surface area contributed by atoms with Crippen LogP contribution < -0.4 is 0 Å². The van der Waals surface area contributed by atoms with Crippen molar-refractivity contribution in [2.45, 2.75) is 33.5 Å². The second kappa shape index (κ2) is 5.86. The fraction of sp³-hybridized carbons (Fsp3) is 0.353. The highest BCUT2D eigenvalue weighted by atomic mass is 32.1. The summed E-state index contributed by atoms with van der Waals surface area (Å²) in [5.41, 5.74) is 5.54. The number of aryl methyl sites for hydroxylation is 2. The van der Waals surface area contributed by atoms with Crippen LogP contribution >= 0.6 is 11.3 Å². The Bertz CT molecular complexity index is 835. The Hall–Kier alpha value is -2.05. The van der Waals surface area contributed by atoms with Crippen molar-refractivity contribution in [3.8, 4) is 11.4 Å². The van der Waals surface area contributed by atoms with Crippen LogP contribution in [0.2, 0.25) is 0 Å². The van der Waals surface area contributed by atoms with E-state index in [1.165, 1.54) is 11.4 Å². The summed E-state index contributed by atoms with van der Waals surface area (Å²) in [4.78, 5) is 11.5. The molecule has 0 spiro atoms. The summed E-state index contributed by atoms with van der Waals surface area (Å²) < 4.78 is 2.12. The second-order valence-corrected chi connectivity index (χ2v) is 7.04. The first-order valence-corrected chi connectivity index (χ1v) is 8.69. The number of fused-ring (bicyclic) bond motifs is 1. The Morgan fingerprint density at radius 1 is 1.26 bits per heavy atom. The highest BCUT2D eigenvalue weighted by Gasteiger charge is 2.20. The van der Waals surface area contributed by atoms with Crippen molar-refractivity contribution in [2.75, 3.05) is 6.54 Å². The minimum atomic E-state index is 0.910. The molecular weight excluding hydrogens is 306 g/mol. The van der Waals surface area contributed by atoms with E-state index in [4.69, 9.17) is 5.10 Å². The van der Waals surface area contributed by atoms with Crippen LogP contribution in [0.5, 0.6) is 0 Å². The molecule has 1 aliphatic rings. The zero-order valence-electron chi connectivity index (χ0n) is 13.4. The summed E-state index contributed by atoms with van der Waals surface area (Å²) in [6.45, 7) is 7.89. The van der Waals surface area contributed by atoms with Gasteiger partial charge in [0.1, 0.15) is 5.69 Å². The molecule has 5 nitrogen and oxygen atoms in total. The van der Waals surface area contributed by atoms with E-state index < -0.39 is 0 Å². The number of aromatic nitrogens is 4. The van der Waals surface area contributed by atoms with E-state index >= 15 is 0 Å². The molecule has 0 atom stereocenters. The van der Waals surface area contributed by atoms with Crippen molar-refractivity contribution >= 4 is 11.3 Å². The molecule has 4 heterocycles. The van der Waals surface area contributed by atoms with Crippen LogP contribution in [0.4, 0.5) is 0 Å². The highest BCUT2D eigenvalue weighted by molar-refractivity contribution is 7.09. The lowest BCUT2D eigenvalue weighted by Crippen LogP contribution is -2.33. The van der Waals surface area contributed by atoms with Gasteiger partial charge in [0.15, 0.2) is 0 Å². The summed E-state index contributed by atoms with van der Waals surface area (Å²) in [5.74, 6) is 0. The topological polar surface area (TPSA) is 46.8 Å². The standard InChI is InChI=1S/C17H19N5S/c1-12-4-3-5-18-17(12)16-8-15-10-21(6-7-22(15)20-16)9-14-11-23-13(2)19-14/h3-5,8,11H,6-7,9-10H2,1-2H3. The van der Waals surface area contributed by atoms with Crippen molar-refractivity contribution in [2.24, 2.45) is 0 Å². The average molecular weight is 325 g/mol. The van der Waals surface area contributed by atoms with Crippen LogP contribution in [0, 0.1) is 13.8 Å². The van der Waals surface area contributed by atoms with Gasteiger partial charge in [-0.05, 0) is 31.5 Å². The maximum absolute atomic E-state index is 4.74. The van der Waals surface area contributed by atoms with Crippen molar-refractivity contribution in [3.63, 3.8) is 0 Å². The third kappa shape index (κ3) is 2.92. The van der Waals surface area contributed by atoms with Gasteiger partial charge < -0.3 is 0 Å².